The molecule has 1 heterocycles. The summed E-state index contributed by atoms with van der Waals surface area (Å²) in [4.78, 5) is 12.7. The van der Waals surface area contributed by atoms with Gasteiger partial charge in [-0.15, -0.1) is 0 Å². The van der Waals surface area contributed by atoms with Crippen LogP contribution in [-0.2, 0) is 6.54 Å². The number of halogens is 1. The van der Waals surface area contributed by atoms with E-state index in [4.69, 9.17) is 5.73 Å². The summed E-state index contributed by atoms with van der Waals surface area (Å²) in [6.07, 6.45) is 9.78. The lowest BCUT2D eigenvalue weighted by atomic mass is 9.79. The van der Waals surface area contributed by atoms with E-state index in [0.29, 0.717) is 24.6 Å². The number of para-hydroxylation sites is 1. The van der Waals surface area contributed by atoms with E-state index >= 15 is 0 Å². The largest absolute Gasteiger partial charge is 0.507 e. The van der Waals surface area contributed by atoms with Crippen molar-refractivity contribution in [1.29, 1.82) is 0 Å². The van der Waals surface area contributed by atoms with Crippen molar-refractivity contribution in [3.63, 3.8) is 0 Å². The number of phenols is 1. The number of hydrogen-bond acceptors (Lipinski definition) is 4. The van der Waals surface area contributed by atoms with E-state index in [-0.39, 0.29) is 24.1 Å². The first-order chi connectivity index (χ1) is 17.0. The summed E-state index contributed by atoms with van der Waals surface area (Å²) in [5.41, 5.74) is 8.36. The van der Waals surface area contributed by atoms with Gasteiger partial charge < -0.3 is 25.8 Å². The van der Waals surface area contributed by atoms with E-state index in [2.05, 4.69) is 44.1 Å². The molecule has 2 aromatic carbocycles. The van der Waals surface area contributed by atoms with Gasteiger partial charge in [0.15, 0.2) is 0 Å². The van der Waals surface area contributed by atoms with E-state index in [1.807, 2.05) is 6.07 Å². The summed E-state index contributed by atoms with van der Waals surface area (Å²) in [7, 11) is 0. The molecule has 6 nitrogen and oxygen atoms in total. The number of nitrogens with one attached hydrogen (secondary N) is 1. The third-order valence-corrected chi connectivity index (χ3v) is 7.98. The van der Waals surface area contributed by atoms with Gasteiger partial charge in [0.2, 0.25) is 0 Å². The Morgan fingerprint density at radius 1 is 1.11 bits per heavy atom. The van der Waals surface area contributed by atoms with Crippen molar-refractivity contribution in [3.8, 4) is 5.75 Å². The highest BCUT2D eigenvalue weighted by Crippen LogP contribution is 2.42. The number of hydrogen-bond donors (Lipinski definition) is 4. The third-order valence-electron chi connectivity index (χ3n) is 7.32. The number of fused-ring (bicyclic) bond motifs is 1. The minimum atomic E-state index is -0.605. The predicted octanol–water partition coefficient (Wildman–Crippen LogP) is 5.30. The van der Waals surface area contributed by atoms with Crippen LogP contribution < -0.4 is 11.1 Å². The summed E-state index contributed by atoms with van der Waals surface area (Å²) in [5.74, 6) is 0.550. The first-order valence-electron chi connectivity index (χ1n) is 12.7. The number of phenolic OH excluding ortho intramolecular Hbond substituents is 1. The Hall–Kier alpha value is -2.35. The van der Waals surface area contributed by atoms with Crippen molar-refractivity contribution < 1.29 is 15.0 Å². The van der Waals surface area contributed by atoms with Crippen molar-refractivity contribution >= 4 is 32.7 Å². The molecule has 0 spiro atoms. The number of carbonyl (C=O) groups excluding carboxylic acids is 1. The molecule has 1 aromatic heterocycles. The fraction of sp³-hybridized carbons (Fsp3) is 0.464. The second-order valence-electron chi connectivity index (χ2n) is 9.68. The highest BCUT2D eigenvalue weighted by atomic mass is 79.9. The average Bonchev–Trinajstić information content (AvgIpc) is 3.02. The molecular formula is C28H36BrN3O3. The molecule has 7 heteroatoms. The Balaban J connectivity index is 1.64. The van der Waals surface area contributed by atoms with E-state index < -0.39 is 6.10 Å². The van der Waals surface area contributed by atoms with Gasteiger partial charge in [0.05, 0.1) is 11.7 Å². The number of aliphatic hydroxyl groups is 1. The second kappa shape index (κ2) is 12.1. The minimum absolute atomic E-state index is 0.00391. The maximum absolute atomic E-state index is 12.7. The molecule has 0 radical (unpaired) electrons. The molecule has 2 unspecified atom stereocenters. The summed E-state index contributed by atoms with van der Waals surface area (Å²) < 4.78 is 3.17. The van der Waals surface area contributed by atoms with Crippen LogP contribution in [0.3, 0.4) is 0 Å². The Kier molecular flexibility index (Phi) is 8.87. The highest BCUT2D eigenvalue weighted by Gasteiger charge is 2.28. The third kappa shape index (κ3) is 6.08. The highest BCUT2D eigenvalue weighted by molar-refractivity contribution is 9.10. The van der Waals surface area contributed by atoms with Crippen LogP contribution >= 0.6 is 15.9 Å². The molecule has 188 valence electrons. The van der Waals surface area contributed by atoms with Gasteiger partial charge in [-0.05, 0) is 60.9 Å². The molecule has 1 saturated carbocycles. The molecule has 0 bridgehead atoms. The Morgan fingerprint density at radius 2 is 1.86 bits per heavy atom. The molecule has 2 atom stereocenters. The molecular weight excluding hydrogens is 506 g/mol. The molecule has 0 aliphatic heterocycles. The average molecular weight is 543 g/mol. The predicted molar refractivity (Wildman–Crippen MR) is 144 cm³/mol. The number of aliphatic hydroxyl groups excluding tert-OH is 1. The maximum Gasteiger partial charge on any atom is 0.255 e. The van der Waals surface area contributed by atoms with Crippen LogP contribution in [0.15, 0.2) is 53.1 Å². The van der Waals surface area contributed by atoms with Gasteiger partial charge in [-0.3, -0.25) is 4.79 Å². The van der Waals surface area contributed by atoms with Crippen LogP contribution in [0.2, 0.25) is 0 Å². The number of rotatable bonds is 9. The Morgan fingerprint density at radius 3 is 2.57 bits per heavy atom. The molecule has 1 fully saturated rings. The molecule has 35 heavy (non-hydrogen) atoms. The van der Waals surface area contributed by atoms with E-state index in [1.54, 1.807) is 18.2 Å². The molecule has 4 rings (SSSR count). The summed E-state index contributed by atoms with van der Waals surface area (Å²) in [6, 6.07) is 12.8. The number of nitrogens with two attached hydrogens (primary N) is 1. The summed E-state index contributed by atoms with van der Waals surface area (Å²) in [6.45, 7) is 1.19. The van der Waals surface area contributed by atoms with E-state index in [9.17, 15) is 15.0 Å². The second-order valence-corrected chi connectivity index (χ2v) is 10.5. The number of nitrogens with zero attached hydrogens (tertiary/aromatic N) is 1. The van der Waals surface area contributed by atoms with Gasteiger partial charge in [-0.25, -0.2) is 0 Å². The SMILES string of the molecule is NCC(O)Cn1cc(C(CCNC(=O)c2ccccc2O)C2CCCCCC2)c2c(Br)cccc21. The monoisotopic (exact) mass is 541 g/mol. The van der Waals surface area contributed by atoms with Crippen LogP contribution in [0.4, 0.5) is 0 Å². The molecule has 1 aliphatic rings. The van der Waals surface area contributed by atoms with Gasteiger partial charge in [-0.2, -0.15) is 0 Å². The summed E-state index contributed by atoms with van der Waals surface area (Å²) in [5, 5.41) is 24.5. The zero-order chi connectivity index (χ0) is 24.8. The Labute approximate surface area is 215 Å². The first-order valence-corrected chi connectivity index (χ1v) is 13.5. The molecule has 1 amide bonds. The van der Waals surface area contributed by atoms with Crippen molar-refractivity contribution in [2.24, 2.45) is 11.7 Å². The lowest BCUT2D eigenvalue weighted by molar-refractivity contribution is 0.0948. The van der Waals surface area contributed by atoms with Crippen molar-refractivity contribution in [3.05, 3.63) is 64.3 Å². The zero-order valence-corrected chi connectivity index (χ0v) is 21.7. The Bertz CT molecular complexity index is 1140. The number of benzene rings is 2. The number of aromatic nitrogens is 1. The first kappa shape index (κ1) is 25.7. The lowest BCUT2D eigenvalue weighted by Crippen LogP contribution is -2.27. The molecule has 1 aliphatic carbocycles. The quantitative estimate of drug-likeness (QED) is 0.276. The van der Waals surface area contributed by atoms with Crippen molar-refractivity contribution in [2.45, 2.75) is 63.5 Å². The van der Waals surface area contributed by atoms with Crippen LogP contribution in [0, 0.1) is 5.92 Å². The van der Waals surface area contributed by atoms with Crippen LogP contribution in [-0.4, -0.2) is 39.9 Å². The van der Waals surface area contributed by atoms with Gasteiger partial charge in [0.1, 0.15) is 5.75 Å². The number of aromatic hydroxyl groups is 1. The maximum atomic E-state index is 12.7. The van der Waals surface area contributed by atoms with Gasteiger partial charge in [0, 0.05) is 41.2 Å². The van der Waals surface area contributed by atoms with Gasteiger partial charge in [-0.1, -0.05) is 59.8 Å². The van der Waals surface area contributed by atoms with Crippen molar-refractivity contribution in [2.75, 3.05) is 13.1 Å². The standard InChI is InChI=1S/C28H36BrN3O3/c29-24-11-7-12-25-27(24)23(18-32(25)17-20(33)16-30)21(19-8-3-1-2-4-9-19)14-15-31-28(35)22-10-5-6-13-26(22)34/h5-7,10-13,18-21,33-34H,1-4,8-9,14-17,30H2,(H,31,35). The molecule has 0 saturated heterocycles. The molecule has 3 aromatic rings. The zero-order valence-electron chi connectivity index (χ0n) is 20.1. The normalized spacial score (nSPS) is 16.7. The van der Waals surface area contributed by atoms with Crippen LogP contribution in [0.25, 0.3) is 10.9 Å². The lowest BCUT2D eigenvalue weighted by Gasteiger charge is -2.27. The fourth-order valence-corrected chi connectivity index (χ4v) is 6.12. The van der Waals surface area contributed by atoms with Crippen LogP contribution in [0.1, 0.15) is 66.8 Å². The fourth-order valence-electron chi connectivity index (χ4n) is 5.53. The summed E-state index contributed by atoms with van der Waals surface area (Å²) >= 11 is 3.78. The smallest absolute Gasteiger partial charge is 0.255 e. The van der Waals surface area contributed by atoms with E-state index in [0.717, 1.165) is 16.4 Å². The number of carbonyl (C=O) groups is 1. The minimum Gasteiger partial charge on any atom is -0.507 e. The van der Waals surface area contributed by atoms with Gasteiger partial charge in [0.25, 0.3) is 5.91 Å². The number of amides is 1. The topological polar surface area (TPSA) is 101 Å². The molecule has 5 N–H and O–H groups in total. The van der Waals surface area contributed by atoms with Crippen molar-refractivity contribution in [1.82, 2.24) is 9.88 Å². The van der Waals surface area contributed by atoms with Gasteiger partial charge >= 0.3 is 0 Å². The van der Waals surface area contributed by atoms with E-state index in [1.165, 1.54) is 55.5 Å². The van der Waals surface area contributed by atoms with Crippen LogP contribution in [0.5, 0.6) is 5.75 Å².